The van der Waals surface area contributed by atoms with Crippen molar-refractivity contribution < 1.29 is 13.7 Å². The van der Waals surface area contributed by atoms with Gasteiger partial charge < -0.3 is 9.42 Å². The van der Waals surface area contributed by atoms with Crippen LogP contribution in [-0.4, -0.2) is 49.3 Å². The minimum atomic E-state index is -0.313. The summed E-state index contributed by atoms with van der Waals surface area (Å²) < 4.78 is 18.0. The second-order valence-electron chi connectivity index (χ2n) is 6.28. The van der Waals surface area contributed by atoms with E-state index in [1.165, 1.54) is 18.3 Å². The van der Waals surface area contributed by atoms with Crippen molar-refractivity contribution in [3.63, 3.8) is 0 Å². The van der Waals surface area contributed by atoms with Crippen molar-refractivity contribution in [3.05, 3.63) is 47.6 Å². The molecule has 9 heteroatoms. The van der Waals surface area contributed by atoms with Gasteiger partial charge in [-0.2, -0.15) is 4.80 Å². The first-order valence-electron chi connectivity index (χ1n) is 8.38. The second-order valence-corrected chi connectivity index (χ2v) is 6.28. The molecule has 0 saturated carbocycles. The van der Waals surface area contributed by atoms with Gasteiger partial charge in [-0.3, -0.25) is 4.79 Å². The molecule has 0 spiro atoms. The zero-order valence-corrected chi connectivity index (χ0v) is 14.2. The summed E-state index contributed by atoms with van der Waals surface area (Å²) in [5, 5.41) is 16.3. The maximum atomic E-state index is 13.1. The Morgan fingerprint density at radius 3 is 2.85 bits per heavy atom. The molecule has 2 aromatic heterocycles. The number of benzene rings is 1. The second kappa shape index (κ2) is 6.66. The number of hydrogen-bond acceptors (Lipinski definition) is 6. The Balaban J connectivity index is 1.51. The van der Waals surface area contributed by atoms with Gasteiger partial charge in [-0.1, -0.05) is 5.16 Å². The summed E-state index contributed by atoms with van der Waals surface area (Å²) in [5.41, 5.74) is 1.17. The Morgan fingerprint density at radius 2 is 2.12 bits per heavy atom. The Bertz CT molecular complexity index is 919. The molecule has 1 atom stereocenters. The molecule has 3 aromatic rings. The lowest BCUT2D eigenvalue weighted by atomic mass is 10.1. The highest BCUT2D eigenvalue weighted by Crippen LogP contribution is 2.23. The first kappa shape index (κ1) is 16.4. The Kier molecular flexibility index (Phi) is 4.19. The van der Waals surface area contributed by atoms with E-state index in [0.717, 1.165) is 12.8 Å². The monoisotopic (exact) mass is 356 g/mol. The minimum Gasteiger partial charge on any atom is -0.361 e. The van der Waals surface area contributed by atoms with Gasteiger partial charge in [0.15, 0.2) is 0 Å². The van der Waals surface area contributed by atoms with Crippen LogP contribution in [0.15, 0.2) is 35.0 Å². The third-order valence-corrected chi connectivity index (χ3v) is 4.52. The van der Waals surface area contributed by atoms with E-state index in [1.54, 1.807) is 28.8 Å². The van der Waals surface area contributed by atoms with Crippen LogP contribution in [0.2, 0.25) is 0 Å². The van der Waals surface area contributed by atoms with Gasteiger partial charge in [-0.15, -0.1) is 10.2 Å². The molecule has 26 heavy (non-hydrogen) atoms. The largest absolute Gasteiger partial charge is 0.361 e. The van der Waals surface area contributed by atoms with E-state index in [2.05, 4.69) is 20.6 Å². The average molecular weight is 356 g/mol. The summed E-state index contributed by atoms with van der Waals surface area (Å²) >= 11 is 0. The number of carbonyl (C=O) groups excluding carboxylic acids is 1. The third-order valence-electron chi connectivity index (χ3n) is 4.52. The molecule has 1 unspecified atom stereocenters. The first-order chi connectivity index (χ1) is 12.6. The van der Waals surface area contributed by atoms with Crippen LogP contribution >= 0.6 is 0 Å². The van der Waals surface area contributed by atoms with Gasteiger partial charge in [-0.05, 0) is 49.2 Å². The number of rotatable bonds is 3. The summed E-state index contributed by atoms with van der Waals surface area (Å²) in [5.74, 6) is 0.525. The summed E-state index contributed by atoms with van der Waals surface area (Å²) in [7, 11) is 0. The summed E-state index contributed by atoms with van der Waals surface area (Å²) in [6, 6.07) is 5.88. The van der Waals surface area contributed by atoms with E-state index < -0.39 is 0 Å². The topological polar surface area (TPSA) is 89.9 Å². The van der Waals surface area contributed by atoms with Crippen molar-refractivity contribution in [2.75, 3.05) is 13.1 Å². The van der Waals surface area contributed by atoms with Crippen LogP contribution in [0.1, 0.15) is 35.0 Å². The maximum Gasteiger partial charge on any atom is 0.259 e. The predicted octanol–water partition coefficient (Wildman–Crippen LogP) is 2.25. The van der Waals surface area contributed by atoms with E-state index in [9.17, 15) is 9.18 Å². The molecule has 1 aliphatic heterocycles. The number of aromatic nitrogens is 5. The first-order valence-corrected chi connectivity index (χ1v) is 8.38. The molecule has 0 N–H and O–H groups in total. The predicted molar refractivity (Wildman–Crippen MR) is 88.6 cm³/mol. The van der Waals surface area contributed by atoms with Crippen LogP contribution < -0.4 is 0 Å². The zero-order valence-electron chi connectivity index (χ0n) is 14.2. The number of halogens is 1. The van der Waals surface area contributed by atoms with Crippen molar-refractivity contribution in [2.45, 2.75) is 25.8 Å². The van der Waals surface area contributed by atoms with Crippen LogP contribution in [0.3, 0.4) is 0 Å². The molecule has 8 nitrogen and oxygen atoms in total. The molecular weight excluding hydrogens is 339 g/mol. The molecular formula is C17H17FN6O2. The van der Waals surface area contributed by atoms with Gasteiger partial charge in [0.25, 0.3) is 5.91 Å². The van der Waals surface area contributed by atoms with Gasteiger partial charge in [0.05, 0.1) is 12.2 Å². The number of hydrogen-bond donors (Lipinski definition) is 0. The van der Waals surface area contributed by atoms with Crippen molar-refractivity contribution in [1.82, 2.24) is 30.3 Å². The zero-order chi connectivity index (χ0) is 18.1. The van der Waals surface area contributed by atoms with Crippen molar-refractivity contribution >= 4 is 5.91 Å². The highest BCUT2D eigenvalue weighted by molar-refractivity contribution is 5.94. The number of piperidine rings is 1. The van der Waals surface area contributed by atoms with E-state index in [1.807, 2.05) is 0 Å². The molecule has 0 radical (unpaired) electrons. The van der Waals surface area contributed by atoms with Gasteiger partial charge in [-0.25, -0.2) is 4.39 Å². The highest BCUT2D eigenvalue weighted by Gasteiger charge is 2.29. The molecule has 1 aliphatic rings. The van der Waals surface area contributed by atoms with E-state index in [4.69, 9.17) is 4.52 Å². The third kappa shape index (κ3) is 3.07. The van der Waals surface area contributed by atoms with E-state index in [-0.39, 0.29) is 17.8 Å². The summed E-state index contributed by atoms with van der Waals surface area (Å²) in [4.78, 5) is 15.9. The van der Waals surface area contributed by atoms with E-state index in [0.29, 0.717) is 35.8 Å². The lowest BCUT2D eigenvalue weighted by Crippen LogP contribution is -2.41. The minimum absolute atomic E-state index is 0.0606. The number of aryl methyl sites for hydroxylation is 1. The van der Waals surface area contributed by atoms with Crippen LogP contribution in [-0.2, 0) is 0 Å². The lowest BCUT2D eigenvalue weighted by Gasteiger charge is -2.31. The molecule has 134 valence electrons. The Labute approximate surface area is 148 Å². The van der Waals surface area contributed by atoms with Gasteiger partial charge in [0.1, 0.15) is 17.1 Å². The highest BCUT2D eigenvalue weighted by atomic mass is 19.1. The van der Waals surface area contributed by atoms with Crippen molar-refractivity contribution in [1.29, 1.82) is 0 Å². The SMILES string of the molecule is Cc1oncc1C(=O)N1CCCC(n2nnc(-c3ccc(F)cc3)n2)C1. The molecule has 4 rings (SSSR count). The van der Waals surface area contributed by atoms with Gasteiger partial charge in [0.2, 0.25) is 5.82 Å². The quantitative estimate of drug-likeness (QED) is 0.715. The fourth-order valence-corrected chi connectivity index (χ4v) is 3.10. The van der Waals surface area contributed by atoms with Crippen LogP contribution in [0, 0.1) is 12.7 Å². The summed E-state index contributed by atoms with van der Waals surface area (Å²) in [6.07, 6.45) is 3.14. The van der Waals surface area contributed by atoms with Crippen LogP contribution in [0.5, 0.6) is 0 Å². The maximum absolute atomic E-state index is 13.1. The molecule has 3 heterocycles. The molecule has 1 aromatic carbocycles. The fourth-order valence-electron chi connectivity index (χ4n) is 3.10. The fraction of sp³-hybridized carbons (Fsp3) is 0.353. The van der Waals surface area contributed by atoms with Gasteiger partial charge in [0, 0.05) is 18.7 Å². The smallest absolute Gasteiger partial charge is 0.259 e. The van der Waals surface area contributed by atoms with Crippen molar-refractivity contribution in [3.8, 4) is 11.4 Å². The molecule has 0 aliphatic carbocycles. The number of tetrazole rings is 1. The average Bonchev–Trinajstić information content (AvgIpc) is 3.31. The molecule has 0 bridgehead atoms. The Hall–Kier alpha value is -3.10. The number of likely N-dealkylation sites (tertiary alicyclic amines) is 1. The normalized spacial score (nSPS) is 17.5. The molecule has 1 fully saturated rings. The van der Waals surface area contributed by atoms with Crippen LogP contribution in [0.4, 0.5) is 4.39 Å². The van der Waals surface area contributed by atoms with Gasteiger partial charge >= 0.3 is 0 Å². The number of nitrogens with zero attached hydrogens (tertiary/aromatic N) is 6. The van der Waals surface area contributed by atoms with Crippen LogP contribution in [0.25, 0.3) is 11.4 Å². The van der Waals surface area contributed by atoms with E-state index >= 15 is 0 Å². The number of carbonyl (C=O) groups is 1. The lowest BCUT2D eigenvalue weighted by molar-refractivity contribution is 0.0661. The molecule has 1 saturated heterocycles. The number of amides is 1. The van der Waals surface area contributed by atoms with Crippen molar-refractivity contribution in [2.24, 2.45) is 0 Å². The standard InChI is InChI=1S/C17H17FN6O2/c1-11-15(9-19-26-11)17(25)23-8-2-3-14(10-23)24-21-16(20-22-24)12-4-6-13(18)7-5-12/h4-7,9,14H,2-3,8,10H2,1H3. The molecule has 1 amide bonds. The summed E-state index contributed by atoms with van der Waals surface area (Å²) in [6.45, 7) is 2.87. The Morgan fingerprint density at radius 1 is 1.31 bits per heavy atom.